The molecule has 2 aromatic carbocycles. The number of amides is 1. The van der Waals surface area contributed by atoms with Crippen LogP contribution in [0, 0.1) is 6.92 Å². The third kappa shape index (κ3) is 5.33. The minimum absolute atomic E-state index is 0.111. The lowest BCUT2D eigenvalue weighted by Crippen LogP contribution is -2.28. The van der Waals surface area contributed by atoms with Crippen LogP contribution in [0.5, 0.6) is 5.75 Å². The third-order valence-corrected chi connectivity index (χ3v) is 4.51. The molecule has 0 unspecified atom stereocenters. The number of phenolic OH excluding ortho intramolecular Hbond substituents is 1. The van der Waals surface area contributed by atoms with E-state index in [2.05, 4.69) is 15.3 Å². The maximum Gasteiger partial charge on any atom is 0.345 e. The first-order valence-electron chi connectivity index (χ1n) is 9.75. The molecule has 0 fully saturated rings. The van der Waals surface area contributed by atoms with Crippen molar-refractivity contribution in [3.63, 3.8) is 0 Å². The number of ether oxygens (including phenoxy) is 1. The Bertz CT molecular complexity index is 1110. The van der Waals surface area contributed by atoms with Gasteiger partial charge >= 0.3 is 5.69 Å². The quantitative estimate of drug-likeness (QED) is 0.522. The number of carbonyl (C=O) groups is 1. The number of aromatic hydroxyl groups is 1. The molecule has 1 amide bonds. The molecular weight excluding hydrogens is 382 g/mol. The summed E-state index contributed by atoms with van der Waals surface area (Å²) >= 11 is 0. The average Bonchev–Trinajstić information content (AvgIpc) is 2.72. The van der Waals surface area contributed by atoms with Gasteiger partial charge in [-0.05, 0) is 68.3 Å². The van der Waals surface area contributed by atoms with E-state index in [4.69, 9.17) is 4.74 Å². The van der Waals surface area contributed by atoms with Gasteiger partial charge in [0.2, 0.25) is 0 Å². The molecule has 0 radical (unpaired) electrons. The van der Waals surface area contributed by atoms with Crippen molar-refractivity contribution >= 4 is 5.91 Å². The Hall–Kier alpha value is -3.45. The van der Waals surface area contributed by atoms with Gasteiger partial charge in [0, 0.05) is 17.7 Å². The van der Waals surface area contributed by atoms with Crippen LogP contribution in [-0.4, -0.2) is 40.2 Å². The van der Waals surface area contributed by atoms with Crippen molar-refractivity contribution < 1.29 is 14.6 Å². The molecule has 3 rings (SSSR count). The van der Waals surface area contributed by atoms with E-state index in [9.17, 15) is 14.7 Å². The molecule has 7 nitrogen and oxygen atoms in total. The largest absolute Gasteiger partial charge is 0.508 e. The van der Waals surface area contributed by atoms with E-state index in [0.29, 0.717) is 41.2 Å². The number of hydrogen-bond acceptors (Lipinski definition) is 5. The van der Waals surface area contributed by atoms with Crippen LogP contribution in [0.25, 0.3) is 22.5 Å². The third-order valence-electron chi connectivity index (χ3n) is 4.51. The fourth-order valence-electron chi connectivity index (χ4n) is 2.97. The molecule has 0 saturated carbocycles. The summed E-state index contributed by atoms with van der Waals surface area (Å²) in [6.45, 7) is 6.51. The van der Waals surface area contributed by atoms with Crippen LogP contribution in [0.2, 0.25) is 0 Å². The lowest BCUT2D eigenvalue weighted by molar-refractivity contribution is 0.0746. The highest BCUT2D eigenvalue weighted by molar-refractivity contribution is 5.95. The van der Waals surface area contributed by atoms with Crippen LogP contribution < -0.4 is 11.0 Å². The molecule has 0 saturated heterocycles. The molecule has 30 heavy (non-hydrogen) atoms. The van der Waals surface area contributed by atoms with Gasteiger partial charge in [-0.15, -0.1) is 0 Å². The van der Waals surface area contributed by atoms with Crippen LogP contribution in [-0.2, 0) is 4.74 Å². The molecular formula is C23H25N3O4. The zero-order chi connectivity index (χ0) is 21.7. The van der Waals surface area contributed by atoms with E-state index in [-0.39, 0.29) is 17.8 Å². The summed E-state index contributed by atoms with van der Waals surface area (Å²) in [7, 11) is 0. The predicted molar refractivity (Wildman–Crippen MR) is 116 cm³/mol. The smallest absolute Gasteiger partial charge is 0.345 e. The Morgan fingerprint density at radius 2 is 1.97 bits per heavy atom. The topological polar surface area (TPSA) is 104 Å². The van der Waals surface area contributed by atoms with Gasteiger partial charge in [-0.3, -0.25) is 4.79 Å². The lowest BCUT2D eigenvalue weighted by atomic mass is 10.0. The van der Waals surface area contributed by atoms with E-state index >= 15 is 0 Å². The summed E-state index contributed by atoms with van der Waals surface area (Å²) in [4.78, 5) is 31.3. The zero-order valence-electron chi connectivity index (χ0n) is 17.2. The number of aromatic amines is 1. The second-order valence-corrected chi connectivity index (χ2v) is 7.24. The number of H-pyrrole nitrogens is 1. The summed E-state index contributed by atoms with van der Waals surface area (Å²) in [5.74, 6) is -0.0312. The van der Waals surface area contributed by atoms with Crippen LogP contribution in [0.4, 0.5) is 0 Å². The first kappa shape index (κ1) is 21.3. The molecule has 156 valence electrons. The first-order valence-corrected chi connectivity index (χ1v) is 9.75. The Morgan fingerprint density at radius 1 is 1.17 bits per heavy atom. The second kappa shape index (κ2) is 9.37. The van der Waals surface area contributed by atoms with Gasteiger partial charge in [0.15, 0.2) is 0 Å². The SMILES string of the molecule is Cc1cc(-c2cc(-c3cccc(C(=O)NCCOC(C)C)c3)[nH]c(=O)n2)ccc1O. The number of aryl methyl sites for hydroxylation is 1. The minimum Gasteiger partial charge on any atom is -0.508 e. The Labute approximate surface area is 174 Å². The van der Waals surface area contributed by atoms with Crippen molar-refractivity contribution in [3.8, 4) is 28.3 Å². The van der Waals surface area contributed by atoms with Gasteiger partial charge in [0.1, 0.15) is 5.75 Å². The first-order chi connectivity index (χ1) is 14.3. The summed E-state index contributed by atoms with van der Waals surface area (Å²) < 4.78 is 5.43. The maximum atomic E-state index is 12.4. The minimum atomic E-state index is -0.492. The van der Waals surface area contributed by atoms with Crippen LogP contribution >= 0.6 is 0 Å². The molecule has 1 heterocycles. The van der Waals surface area contributed by atoms with Gasteiger partial charge in [-0.2, -0.15) is 4.98 Å². The maximum absolute atomic E-state index is 12.4. The zero-order valence-corrected chi connectivity index (χ0v) is 17.2. The average molecular weight is 407 g/mol. The Morgan fingerprint density at radius 3 is 2.70 bits per heavy atom. The number of carbonyl (C=O) groups excluding carboxylic acids is 1. The number of nitrogens with one attached hydrogen (secondary N) is 2. The fraction of sp³-hybridized carbons (Fsp3) is 0.261. The van der Waals surface area contributed by atoms with Gasteiger partial charge < -0.3 is 20.1 Å². The monoisotopic (exact) mass is 407 g/mol. The molecule has 0 spiro atoms. The highest BCUT2D eigenvalue weighted by atomic mass is 16.5. The molecule has 0 atom stereocenters. The van der Waals surface area contributed by atoms with Crippen molar-refractivity contribution in [3.05, 3.63) is 70.1 Å². The van der Waals surface area contributed by atoms with Crippen LogP contribution in [0.15, 0.2) is 53.3 Å². The number of phenols is 1. The highest BCUT2D eigenvalue weighted by Gasteiger charge is 2.10. The van der Waals surface area contributed by atoms with E-state index in [1.165, 1.54) is 0 Å². The Balaban J connectivity index is 1.85. The molecule has 0 bridgehead atoms. The fourth-order valence-corrected chi connectivity index (χ4v) is 2.97. The van der Waals surface area contributed by atoms with Crippen molar-refractivity contribution in [1.82, 2.24) is 15.3 Å². The number of nitrogens with zero attached hydrogens (tertiary/aromatic N) is 1. The summed E-state index contributed by atoms with van der Waals surface area (Å²) in [5, 5.41) is 12.6. The van der Waals surface area contributed by atoms with Gasteiger partial charge in [0.05, 0.1) is 24.1 Å². The van der Waals surface area contributed by atoms with E-state index in [1.54, 1.807) is 49.4 Å². The number of benzene rings is 2. The molecule has 7 heteroatoms. The number of aromatic nitrogens is 2. The molecule has 3 aromatic rings. The predicted octanol–water partition coefficient (Wildman–Crippen LogP) is 3.27. The van der Waals surface area contributed by atoms with Crippen molar-refractivity contribution in [2.24, 2.45) is 0 Å². The van der Waals surface area contributed by atoms with Crippen molar-refractivity contribution in [1.29, 1.82) is 0 Å². The molecule has 0 aliphatic rings. The Kier molecular flexibility index (Phi) is 6.64. The van der Waals surface area contributed by atoms with E-state index in [1.807, 2.05) is 19.9 Å². The summed E-state index contributed by atoms with van der Waals surface area (Å²) in [6.07, 6.45) is 0.111. The standard InChI is InChI=1S/C23H25N3O4/c1-14(2)30-10-9-24-22(28)18-6-4-5-16(12-18)19-13-20(26-23(29)25-19)17-7-8-21(27)15(3)11-17/h4-8,11-14,27H,9-10H2,1-3H3,(H,24,28)(H,25,26,29). The molecule has 3 N–H and O–H groups in total. The van der Waals surface area contributed by atoms with Gasteiger partial charge in [0.25, 0.3) is 5.91 Å². The number of hydrogen-bond donors (Lipinski definition) is 3. The van der Waals surface area contributed by atoms with Crippen molar-refractivity contribution in [2.45, 2.75) is 26.9 Å². The van der Waals surface area contributed by atoms with Crippen molar-refractivity contribution in [2.75, 3.05) is 13.2 Å². The molecule has 0 aliphatic carbocycles. The van der Waals surface area contributed by atoms with Gasteiger partial charge in [-0.25, -0.2) is 4.79 Å². The normalized spacial score (nSPS) is 10.9. The summed E-state index contributed by atoms with van der Waals surface area (Å²) in [5.41, 5.74) is 3.13. The van der Waals surface area contributed by atoms with Crippen LogP contribution in [0.3, 0.4) is 0 Å². The van der Waals surface area contributed by atoms with Crippen LogP contribution in [0.1, 0.15) is 29.8 Å². The highest BCUT2D eigenvalue weighted by Crippen LogP contribution is 2.26. The summed E-state index contributed by atoms with van der Waals surface area (Å²) in [6, 6.07) is 13.8. The lowest BCUT2D eigenvalue weighted by Gasteiger charge is -2.10. The van der Waals surface area contributed by atoms with E-state index < -0.39 is 5.69 Å². The molecule has 0 aliphatic heterocycles. The number of rotatable bonds is 7. The van der Waals surface area contributed by atoms with E-state index in [0.717, 1.165) is 5.56 Å². The second-order valence-electron chi connectivity index (χ2n) is 7.24. The van der Waals surface area contributed by atoms with Gasteiger partial charge in [-0.1, -0.05) is 12.1 Å². The molecule has 1 aromatic heterocycles.